The molecule has 1 aromatic rings. The number of carbonyl (C=O) groups excluding carboxylic acids is 1. The van der Waals surface area contributed by atoms with Crippen molar-refractivity contribution in [2.45, 2.75) is 12.8 Å². The van der Waals surface area contributed by atoms with Crippen LogP contribution in [0.5, 0.6) is 0 Å². The van der Waals surface area contributed by atoms with Gasteiger partial charge >= 0.3 is 0 Å². The highest BCUT2D eigenvalue weighted by molar-refractivity contribution is 7.10. The number of hydrogen-bond donors (Lipinski definition) is 1. The number of nitrogens with zero attached hydrogens (tertiary/aromatic N) is 1. The third kappa shape index (κ3) is 3.68. The van der Waals surface area contributed by atoms with E-state index in [-0.39, 0.29) is 5.91 Å². The first-order chi connectivity index (χ1) is 8.79. The van der Waals surface area contributed by atoms with Crippen LogP contribution in [0.1, 0.15) is 17.7 Å². The minimum absolute atomic E-state index is 0.145. The van der Waals surface area contributed by atoms with Gasteiger partial charge in [-0.15, -0.1) is 11.3 Å². The summed E-state index contributed by atoms with van der Waals surface area (Å²) >= 11 is 1.65. The Labute approximate surface area is 112 Å². The van der Waals surface area contributed by atoms with Crippen molar-refractivity contribution in [1.29, 1.82) is 0 Å². The molecule has 98 valence electrons. The van der Waals surface area contributed by atoms with E-state index in [2.05, 4.69) is 5.32 Å². The topological polar surface area (TPSA) is 32.3 Å². The number of likely N-dealkylation sites (tertiary alicyclic amines) is 1. The molecule has 1 saturated heterocycles. The van der Waals surface area contributed by atoms with Crippen molar-refractivity contribution < 1.29 is 4.79 Å². The van der Waals surface area contributed by atoms with Gasteiger partial charge in [0.2, 0.25) is 5.91 Å². The van der Waals surface area contributed by atoms with Crippen LogP contribution in [0.25, 0.3) is 6.08 Å². The molecule has 0 saturated carbocycles. The van der Waals surface area contributed by atoms with Gasteiger partial charge in [-0.25, -0.2) is 0 Å². The summed E-state index contributed by atoms with van der Waals surface area (Å²) in [7, 11) is 1.99. The SMILES string of the molecule is CNCC1CCN(C(=O)C=Cc2cccs2)CC1. The summed E-state index contributed by atoms with van der Waals surface area (Å²) in [5.74, 6) is 0.867. The molecule has 0 aromatic carbocycles. The zero-order chi connectivity index (χ0) is 12.8. The number of rotatable bonds is 4. The smallest absolute Gasteiger partial charge is 0.246 e. The third-order valence-electron chi connectivity index (χ3n) is 3.35. The number of amides is 1. The molecule has 3 nitrogen and oxygen atoms in total. The van der Waals surface area contributed by atoms with E-state index in [9.17, 15) is 4.79 Å². The second-order valence-corrected chi connectivity index (χ2v) is 5.65. The van der Waals surface area contributed by atoms with E-state index < -0.39 is 0 Å². The monoisotopic (exact) mass is 264 g/mol. The fourth-order valence-electron chi connectivity index (χ4n) is 2.29. The average Bonchev–Trinajstić information content (AvgIpc) is 2.90. The minimum atomic E-state index is 0.145. The van der Waals surface area contributed by atoms with E-state index in [4.69, 9.17) is 0 Å². The Balaban J connectivity index is 1.80. The molecule has 0 bridgehead atoms. The van der Waals surface area contributed by atoms with Crippen molar-refractivity contribution in [3.63, 3.8) is 0 Å². The van der Waals surface area contributed by atoms with Gasteiger partial charge in [0.15, 0.2) is 0 Å². The van der Waals surface area contributed by atoms with Crippen LogP contribution >= 0.6 is 11.3 Å². The van der Waals surface area contributed by atoms with Crippen molar-refractivity contribution in [2.75, 3.05) is 26.7 Å². The predicted molar refractivity (Wildman–Crippen MR) is 76.6 cm³/mol. The summed E-state index contributed by atoms with van der Waals surface area (Å²) in [5.41, 5.74) is 0. The first kappa shape index (κ1) is 13.3. The van der Waals surface area contributed by atoms with Crippen molar-refractivity contribution in [3.8, 4) is 0 Å². The number of hydrogen-bond acceptors (Lipinski definition) is 3. The molecule has 2 heterocycles. The normalized spacial score (nSPS) is 17.5. The molecule has 0 atom stereocenters. The van der Waals surface area contributed by atoms with Crippen molar-refractivity contribution >= 4 is 23.3 Å². The Bertz CT molecular complexity index is 392. The van der Waals surface area contributed by atoms with Crippen LogP contribution in [0.15, 0.2) is 23.6 Å². The molecule has 1 fully saturated rings. The Morgan fingerprint density at radius 2 is 2.33 bits per heavy atom. The highest BCUT2D eigenvalue weighted by Gasteiger charge is 2.20. The second-order valence-electron chi connectivity index (χ2n) is 4.68. The summed E-state index contributed by atoms with van der Waals surface area (Å²) in [6.45, 7) is 2.84. The van der Waals surface area contributed by atoms with Crippen LogP contribution in [-0.2, 0) is 4.79 Å². The zero-order valence-corrected chi connectivity index (χ0v) is 11.6. The predicted octanol–water partition coefficient (Wildman–Crippen LogP) is 2.22. The van der Waals surface area contributed by atoms with Crippen LogP contribution in [0.2, 0.25) is 0 Å². The number of nitrogens with one attached hydrogen (secondary N) is 1. The Kier molecular flexibility index (Phi) is 4.96. The van der Waals surface area contributed by atoms with Crippen LogP contribution in [-0.4, -0.2) is 37.5 Å². The van der Waals surface area contributed by atoms with Gasteiger partial charge in [0, 0.05) is 24.0 Å². The first-order valence-corrected chi connectivity index (χ1v) is 7.32. The third-order valence-corrected chi connectivity index (χ3v) is 4.19. The lowest BCUT2D eigenvalue weighted by molar-refractivity contribution is -0.127. The van der Waals surface area contributed by atoms with Crippen molar-refractivity contribution in [1.82, 2.24) is 10.2 Å². The Hall–Kier alpha value is -1.13. The van der Waals surface area contributed by atoms with Gasteiger partial charge in [-0.05, 0) is 49.9 Å². The lowest BCUT2D eigenvalue weighted by Gasteiger charge is -2.31. The van der Waals surface area contributed by atoms with Crippen molar-refractivity contribution in [3.05, 3.63) is 28.5 Å². The summed E-state index contributed by atoms with van der Waals surface area (Å²) in [4.78, 5) is 15.1. The Morgan fingerprint density at radius 1 is 1.56 bits per heavy atom. The molecule has 0 spiro atoms. The number of thiophene rings is 1. The van der Waals surface area contributed by atoms with Crippen LogP contribution < -0.4 is 5.32 Å². The summed E-state index contributed by atoms with van der Waals surface area (Å²) in [6.07, 6.45) is 5.83. The van der Waals surface area contributed by atoms with E-state index in [1.165, 1.54) is 0 Å². The molecule has 0 aliphatic carbocycles. The lowest BCUT2D eigenvalue weighted by atomic mass is 9.97. The molecule has 1 aliphatic rings. The molecule has 4 heteroatoms. The molecular formula is C14H20N2OS. The highest BCUT2D eigenvalue weighted by Crippen LogP contribution is 2.17. The average molecular weight is 264 g/mol. The van der Waals surface area contributed by atoms with Gasteiger partial charge < -0.3 is 10.2 Å². The quantitative estimate of drug-likeness (QED) is 0.846. The largest absolute Gasteiger partial charge is 0.339 e. The van der Waals surface area contributed by atoms with Crippen LogP contribution in [0, 0.1) is 5.92 Å². The summed E-state index contributed by atoms with van der Waals surface area (Å²) in [6, 6.07) is 4.02. The van der Waals surface area contributed by atoms with Crippen molar-refractivity contribution in [2.24, 2.45) is 5.92 Å². The molecule has 0 radical (unpaired) electrons. The molecule has 1 aliphatic heterocycles. The molecule has 1 amide bonds. The second kappa shape index (κ2) is 6.71. The standard InChI is InChI=1S/C14H20N2OS/c1-15-11-12-6-8-16(9-7-12)14(17)5-4-13-3-2-10-18-13/h2-5,10,12,15H,6-9,11H2,1H3. The van der Waals surface area contributed by atoms with Crippen LogP contribution in [0.3, 0.4) is 0 Å². The van der Waals surface area contributed by atoms with Gasteiger partial charge in [0.05, 0.1) is 0 Å². The number of carbonyl (C=O) groups is 1. The fourth-order valence-corrected chi connectivity index (χ4v) is 2.91. The fraction of sp³-hybridized carbons (Fsp3) is 0.500. The summed E-state index contributed by atoms with van der Waals surface area (Å²) < 4.78 is 0. The number of piperidine rings is 1. The van der Waals surface area contributed by atoms with E-state index in [0.29, 0.717) is 0 Å². The maximum Gasteiger partial charge on any atom is 0.246 e. The Morgan fingerprint density at radius 3 is 2.94 bits per heavy atom. The summed E-state index contributed by atoms with van der Waals surface area (Å²) in [5, 5.41) is 5.23. The van der Waals surface area contributed by atoms with E-state index in [1.807, 2.05) is 35.5 Å². The van der Waals surface area contributed by atoms with E-state index in [1.54, 1.807) is 17.4 Å². The van der Waals surface area contributed by atoms with Gasteiger partial charge in [0.25, 0.3) is 0 Å². The molecule has 2 rings (SSSR count). The molecule has 0 unspecified atom stereocenters. The molecule has 18 heavy (non-hydrogen) atoms. The van der Waals surface area contributed by atoms with Gasteiger partial charge in [-0.3, -0.25) is 4.79 Å². The van der Waals surface area contributed by atoms with E-state index in [0.717, 1.165) is 43.3 Å². The minimum Gasteiger partial charge on any atom is -0.339 e. The molecular weight excluding hydrogens is 244 g/mol. The highest BCUT2D eigenvalue weighted by atomic mass is 32.1. The van der Waals surface area contributed by atoms with Gasteiger partial charge in [-0.1, -0.05) is 6.07 Å². The first-order valence-electron chi connectivity index (χ1n) is 6.44. The van der Waals surface area contributed by atoms with Gasteiger partial charge in [-0.2, -0.15) is 0 Å². The van der Waals surface area contributed by atoms with Gasteiger partial charge in [0.1, 0.15) is 0 Å². The van der Waals surface area contributed by atoms with Crippen LogP contribution in [0.4, 0.5) is 0 Å². The lowest BCUT2D eigenvalue weighted by Crippen LogP contribution is -2.39. The maximum absolute atomic E-state index is 12.0. The molecule has 1 N–H and O–H groups in total. The van der Waals surface area contributed by atoms with E-state index >= 15 is 0 Å². The maximum atomic E-state index is 12.0. The molecule has 1 aromatic heterocycles. The zero-order valence-electron chi connectivity index (χ0n) is 10.8.